The van der Waals surface area contributed by atoms with E-state index in [2.05, 4.69) is 0 Å². The molecule has 110 valence electrons. The number of carbonyl (C=O) groups is 1. The number of benzene rings is 1. The summed E-state index contributed by atoms with van der Waals surface area (Å²) in [6.45, 7) is 2.61. The van der Waals surface area contributed by atoms with Crippen molar-refractivity contribution in [2.24, 2.45) is 0 Å². The van der Waals surface area contributed by atoms with Gasteiger partial charge in [0.2, 0.25) is 5.69 Å². The SMILES string of the molecule is CCOC(=O)c1ccc(COCc2ccccc2)[n+]([O-])c1. The Bertz CT molecular complexity index is 598. The molecule has 0 bridgehead atoms. The third kappa shape index (κ3) is 4.29. The molecular formula is C16H17NO4. The number of carbonyl (C=O) groups excluding carboxylic acids is 1. The molecule has 0 saturated carbocycles. The lowest BCUT2D eigenvalue weighted by atomic mass is 10.2. The van der Waals surface area contributed by atoms with Crippen molar-refractivity contribution in [2.45, 2.75) is 20.1 Å². The molecule has 0 unspecified atom stereocenters. The summed E-state index contributed by atoms with van der Waals surface area (Å²) in [5, 5.41) is 11.8. The molecule has 5 heteroatoms. The van der Waals surface area contributed by atoms with Gasteiger partial charge in [-0.15, -0.1) is 0 Å². The number of nitrogens with zero attached hydrogens (tertiary/aromatic N) is 1. The molecule has 0 radical (unpaired) electrons. The quantitative estimate of drug-likeness (QED) is 0.464. The van der Waals surface area contributed by atoms with E-state index in [1.54, 1.807) is 19.1 Å². The van der Waals surface area contributed by atoms with Gasteiger partial charge >= 0.3 is 5.97 Å². The second kappa shape index (κ2) is 7.40. The van der Waals surface area contributed by atoms with E-state index in [-0.39, 0.29) is 18.8 Å². The first-order chi connectivity index (χ1) is 10.2. The van der Waals surface area contributed by atoms with Crippen LogP contribution in [0.15, 0.2) is 48.7 Å². The van der Waals surface area contributed by atoms with Gasteiger partial charge in [-0.3, -0.25) is 0 Å². The van der Waals surface area contributed by atoms with Gasteiger partial charge in [-0.25, -0.2) is 4.79 Å². The molecule has 0 aliphatic rings. The number of aromatic nitrogens is 1. The predicted molar refractivity (Wildman–Crippen MR) is 76.3 cm³/mol. The Kier molecular flexibility index (Phi) is 5.29. The first-order valence-electron chi connectivity index (χ1n) is 6.71. The Morgan fingerprint density at radius 3 is 2.57 bits per heavy atom. The Balaban J connectivity index is 1.93. The van der Waals surface area contributed by atoms with Crippen molar-refractivity contribution in [2.75, 3.05) is 6.61 Å². The third-order valence-corrected chi connectivity index (χ3v) is 2.87. The summed E-state index contributed by atoms with van der Waals surface area (Å²) in [7, 11) is 0. The summed E-state index contributed by atoms with van der Waals surface area (Å²) in [4.78, 5) is 11.5. The van der Waals surface area contributed by atoms with Gasteiger partial charge in [0.1, 0.15) is 12.2 Å². The number of ether oxygens (including phenoxy) is 2. The Labute approximate surface area is 123 Å². The molecule has 0 N–H and O–H groups in total. The van der Waals surface area contributed by atoms with Crippen molar-refractivity contribution < 1.29 is 19.0 Å². The van der Waals surface area contributed by atoms with Gasteiger partial charge in [0.05, 0.1) is 13.2 Å². The molecule has 0 saturated heterocycles. The number of pyridine rings is 1. The van der Waals surface area contributed by atoms with Crippen LogP contribution in [0.2, 0.25) is 0 Å². The van der Waals surface area contributed by atoms with Crippen molar-refractivity contribution in [3.05, 3.63) is 70.7 Å². The molecule has 0 aliphatic heterocycles. The first kappa shape index (κ1) is 15.0. The minimum absolute atomic E-state index is 0.182. The molecule has 1 heterocycles. The zero-order valence-corrected chi connectivity index (χ0v) is 11.8. The first-order valence-corrected chi connectivity index (χ1v) is 6.71. The van der Waals surface area contributed by atoms with E-state index >= 15 is 0 Å². The number of hydrogen-bond donors (Lipinski definition) is 0. The summed E-state index contributed by atoms with van der Waals surface area (Å²) < 4.78 is 11.0. The number of rotatable bonds is 6. The van der Waals surface area contributed by atoms with Gasteiger partial charge in [-0.05, 0) is 18.6 Å². The largest absolute Gasteiger partial charge is 0.618 e. The summed E-state index contributed by atoms with van der Waals surface area (Å²) in [6.07, 6.45) is 1.21. The maximum absolute atomic E-state index is 11.8. The summed E-state index contributed by atoms with van der Waals surface area (Å²) in [5.41, 5.74) is 1.72. The van der Waals surface area contributed by atoms with E-state index in [0.717, 1.165) is 5.56 Å². The molecule has 0 atom stereocenters. The molecule has 0 fully saturated rings. The standard InChI is InChI=1S/C16H17NO4/c1-2-21-16(18)14-8-9-15(17(19)10-14)12-20-11-13-6-4-3-5-7-13/h3-10H,2,11-12H2,1H3. The average Bonchev–Trinajstić information content (AvgIpc) is 2.50. The molecule has 0 spiro atoms. The fraction of sp³-hybridized carbons (Fsp3) is 0.250. The molecular weight excluding hydrogens is 270 g/mol. The van der Waals surface area contributed by atoms with Crippen LogP contribution < -0.4 is 4.73 Å². The minimum Gasteiger partial charge on any atom is -0.618 e. The highest BCUT2D eigenvalue weighted by molar-refractivity contribution is 5.88. The van der Waals surface area contributed by atoms with Gasteiger partial charge in [0.15, 0.2) is 6.20 Å². The fourth-order valence-corrected chi connectivity index (χ4v) is 1.81. The smallest absolute Gasteiger partial charge is 0.344 e. The van der Waals surface area contributed by atoms with Crippen LogP contribution in [0.4, 0.5) is 0 Å². The molecule has 5 nitrogen and oxygen atoms in total. The lowest BCUT2D eigenvalue weighted by Gasteiger charge is -2.07. The van der Waals surface area contributed by atoms with Crippen LogP contribution in [0, 0.1) is 5.21 Å². The van der Waals surface area contributed by atoms with E-state index in [4.69, 9.17) is 9.47 Å². The van der Waals surface area contributed by atoms with Crippen LogP contribution in [0.25, 0.3) is 0 Å². The lowest BCUT2D eigenvalue weighted by molar-refractivity contribution is -0.616. The Morgan fingerprint density at radius 1 is 1.14 bits per heavy atom. The van der Waals surface area contributed by atoms with Gasteiger partial charge in [-0.2, -0.15) is 4.73 Å². The zero-order chi connectivity index (χ0) is 15.1. The van der Waals surface area contributed by atoms with Crippen LogP contribution in [0.3, 0.4) is 0 Å². The van der Waals surface area contributed by atoms with Gasteiger partial charge < -0.3 is 14.7 Å². The maximum atomic E-state index is 11.8. The van der Waals surface area contributed by atoms with E-state index in [1.165, 1.54) is 6.20 Å². The highest BCUT2D eigenvalue weighted by Gasteiger charge is 2.13. The number of hydrogen-bond acceptors (Lipinski definition) is 4. The minimum atomic E-state index is -0.501. The third-order valence-electron chi connectivity index (χ3n) is 2.87. The van der Waals surface area contributed by atoms with E-state index < -0.39 is 5.97 Å². The Hall–Kier alpha value is -2.40. The number of esters is 1. The van der Waals surface area contributed by atoms with E-state index in [1.807, 2.05) is 30.3 Å². The second-order valence-corrected chi connectivity index (χ2v) is 4.43. The van der Waals surface area contributed by atoms with E-state index in [9.17, 15) is 10.0 Å². The van der Waals surface area contributed by atoms with Crippen molar-refractivity contribution in [1.82, 2.24) is 0 Å². The predicted octanol–water partition coefficient (Wildman–Crippen LogP) is 2.21. The molecule has 2 aromatic rings. The van der Waals surface area contributed by atoms with Gasteiger partial charge in [0, 0.05) is 6.07 Å². The van der Waals surface area contributed by atoms with Gasteiger partial charge in [-0.1, -0.05) is 30.3 Å². The normalized spacial score (nSPS) is 10.3. The maximum Gasteiger partial charge on any atom is 0.344 e. The summed E-state index contributed by atoms with van der Waals surface area (Å²) in [6, 6.07) is 12.8. The molecule has 21 heavy (non-hydrogen) atoms. The second-order valence-electron chi connectivity index (χ2n) is 4.43. The summed E-state index contributed by atoms with van der Waals surface area (Å²) in [5.74, 6) is -0.501. The van der Waals surface area contributed by atoms with Crippen molar-refractivity contribution in [3.63, 3.8) is 0 Å². The van der Waals surface area contributed by atoms with Crippen LogP contribution in [0.5, 0.6) is 0 Å². The monoisotopic (exact) mass is 287 g/mol. The highest BCUT2D eigenvalue weighted by atomic mass is 16.5. The average molecular weight is 287 g/mol. The van der Waals surface area contributed by atoms with Crippen molar-refractivity contribution >= 4 is 5.97 Å². The molecule has 1 aromatic heterocycles. The Morgan fingerprint density at radius 2 is 1.90 bits per heavy atom. The van der Waals surface area contributed by atoms with E-state index in [0.29, 0.717) is 17.0 Å². The summed E-state index contributed by atoms with van der Waals surface area (Å²) >= 11 is 0. The van der Waals surface area contributed by atoms with Gasteiger partial charge in [0.25, 0.3) is 0 Å². The fourth-order valence-electron chi connectivity index (χ4n) is 1.81. The van der Waals surface area contributed by atoms with Crippen LogP contribution in [-0.4, -0.2) is 12.6 Å². The molecule has 1 aromatic carbocycles. The molecule has 2 rings (SSSR count). The highest BCUT2D eigenvalue weighted by Crippen LogP contribution is 2.05. The van der Waals surface area contributed by atoms with Crippen LogP contribution >= 0.6 is 0 Å². The van der Waals surface area contributed by atoms with Crippen molar-refractivity contribution in [3.8, 4) is 0 Å². The molecule has 0 aliphatic carbocycles. The lowest BCUT2D eigenvalue weighted by Crippen LogP contribution is -2.33. The van der Waals surface area contributed by atoms with Crippen LogP contribution in [-0.2, 0) is 22.7 Å². The molecule has 0 amide bonds. The van der Waals surface area contributed by atoms with Crippen LogP contribution in [0.1, 0.15) is 28.5 Å². The van der Waals surface area contributed by atoms with Crippen molar-refractivity contribution in [1.29, 1.82) is 0 Å². The topological polar surface area (TPSA) is 62.5 Å². The zero-order valence-electron chi connectivity index (χ0n) is 11.8.